The van der Waals surface area contributed by atoms with Crippen molar-refractivity contribution in [1.82, 2.24) is 19.7 Å². The normalized spacial score (nSPS) is 16.7. The number of hydrogen-bond acceptors (Lipinski definition) is 4. The molecule has 0 radical (unpaired) electrons. The average molecular weight is 213 g/mol. The first-order valence-electron chi connectivity index (χ1n) is 5.49. The maximum atomic E-state index is 8.79. The van der Waals surface area contributed by atoms with Crippen LogP contribution in [-0.4, -0.2) is 19.7 Å². The molecule has 2 aromatic rings. The van der Waals surface area contributed by atoms with Gasteiger partial charge in [-0.1, -0.05) is 12.8 Å². The van der Waals surface area contributed by atoms with Crippen LogP contribution in [0.5, 0.6) is 0 Å². The Morgan fingerprint density at radius 3 is 2.88 bits per heavy atom. The van der Waals surface area contributed by atoms with Crippen LogP contribution in [0, 0.1) is 11.3 Å². The van der Waals surface area contributed by atoms with E-state index in [2.05, 4.69) is 15.1 Å². The first-order valence-corrected chi connectivity index (χ1v) is 5.49. The molecular formula is C11H11N5. The van der Waals surface area contributed by atoms with E-state index in [9.17, 15) is 0 Å². The summed E-state index contributed by atoms with van der Waals surface area (Å²) in [7, 11) is 0. The lowest BCUT2D eigenvalue weighted by molar-refractivity contribution is 0.478. The van der Waals surface area contributed by atoms with Gasteiger partial charge in [-0.15, -0.1) is 0 Å². The Kier molecular flexibility index (Phi) is 2.07. The van der Waals surface area contributed by atoms with Crippen LogP contribution < -0.4 is 0 Å². The molecule has 0 aromatic carbocycles. The molecule has 2 heterocycles. The molecule has 5 nitrogen and oxygen atoms in total. The van der Waals surface area contributed by atoms with Gasteiger partial charge >= 0.3 is 0 Å². The fourth-order valence-corrected chi connectivity index (χ4v) is 2.31. The van der Waals surface area contributed by atoms with Crippen LogP contribution in [0.4, 0.5) is 0 Å². The van der Waals surface area contributed by atoms with Crippen LogP contribution in [0.15, 0.2) is 12.4 Å². The van der Waals surface area contributed by atoms with E-state index in [0.717, 1.165) is 23.9 Å². The van der Waals surface area contributed by atoms with E-state index in [1.54, 1.807) is 12.4 Å². The Balaban J connectivity index is 2.14. The minimum Gasteiger partial charge on any atom is -0.244 e. The molecular weight excluding hydrogens is 202 g/mol. The van der Waals surface area contributed by atoms with Gasteiger partial charge in [0.05, 0.1) is 17.6 Å². The largest absolute Gasteiger partial charge is 0.244 e. The first-order chi connectivity index (χ1) is 7.88. The summed E-state index contributed by atoms with van der Waals surface area (Å²) in [5, 5.41) is 14.1. The van der Waals surface area contributed by atoms with Crippen molar-refractivity contribution in [2.75, 3.05) is 0 Å². The molecule has 0 saturated heterocycles. The third-order valence-corrected chi connectivity index (χ3v) is 3.10. The molecule has 0 aliphatic heterocycles. The highest BCUT2D eigenvalue weighted by Crippen LogP contribution is 2.30. The zero-order valence-electron chi connectivity index (χ0n) is 8.80. The van der Waals surface area contributed by atoms with Gasteiger partial charge in [0.1, 0.15) is 6.07 Å². The van der Waals surface area contributed by atoms with Gasteiger partial charge in [-0.2, -0.15) is 15.3 Å². The Morgan fingerprint density at radius 1 is 1.31 bits per heavy atom. The third-order valence-electron chi connectivity index (χ3n) is 3.10. The molecule has 0 atom stereocenters. The number of aromatic nitrogens is 4. The van der Waals surface area contributed by atoms with Gasteiger partial charge in [-0.05, 0) is 12.8 Å². The molecule has 5 heteroatoms. The van der Waals surface area contributed by atoms with E-state index < -0.39 is 0 Å². The summed E-state index contributed by atoms with van der Waals surface area (Å²) in [4.78, 5) is 8.17. The van der Waals surface area contributed by atoms with Gasteiger partial charge in [0, 0.05) is 6.20 Å². The molecule has 0 unspecified atom stereocenters. The number of nitrogens with zero attached hydrogens (tertiary/aromatic N) is 5. The van der Waals surface area contributed by atoms with Crippen molar-refractivity contribution in [3.05, 3.63) is 18.2 Å². The lowest BCUT2D eigenvalue weighted by Crippen LogP contribution is -2.07. The van der Waals surface area contributed by atoms with Crippen LogP contribution in [0.3, 0.4) is 0 Å². The molecule has 3 rings (SSSR count). The van der Waals surface area contributed by atoms with Crippen LogP contribution >= 0.6 is 0 Å². The number of hydrogen-bond donors (Lipinski definition) is 0. The predicted molar refractivity (Wildman–Crippen MR) is 57.5 cm³/mol. The summed E-state index contributed by atoms with van der Waals surface area (Å²) in [5.41, 5.74) is 0.790. The molecule has 80 valence electrons. The van der Waals surface area contributed by atoms with E-state index in [4.69, 9.17) is 5.26 Å². The zero-order valence-corrected chi connectivity index (χ0v) is 8.80. The molecule has 1 aliphatic rings. The minimum atomic E-state index is 0.215. The molecule has 0 bridgehead atoms. The Hall–Kier alpha value is -1.96. The molecule has 0 N–H and O–H groups in total. The third kappa shape index (κ3) is 1.34. The first kappa shape index (κ1) is 9.28. The highest BCUT2D eigenvalue weighted by atomic mass is 15.3. The Labute approximate surface area is 92.7 Å². The average Bonchev–Trinajstić information content (AvgIpc) is 2.96. The predicted octanol–water partition coefficient (Wildman–Crippen LogP) is 1.81. The van der Waals surface area contributed by atoms with Crippen LogP contribution in [0.2, 0.25) is 0 Å². The van der Waals surface area contributed by atoms with E-state index >= 15 is 0 Å². The maximum absolute atomic E-state index is 8.79. The van der Waals surface area contributed by atoms with E-state index in [-0.39, 0.29) is 5.82 Å². The molecule has 16 heavy (non-hydrogen) atoms. The molecule has 1 aliphatic carbocycles. The maximum Gasteiger partial charge on any atom is 0.234 e. The second-order valence-electron chi connectivity index (χ2n) is 4.11. The standard InChI is InChI=1S/C11H11N5/c12-5-10-13-6-8-7-14-16(11(8)15-10)9-3-1-2-4-9/h6-7,9H,1-4H2. The lowest BCUT2D eigenvalue weighted by atomic mass is 10.2. The Bertz CT molecular complexity index is 559. The highest BCUT2D eigenvalue weighted by molar-refractivity contribution is 5.73. The van der Waals surface area contributed by atoms with Gasteiger partial charge in [-0.3, -0.25) is 0 Å². The van der Waals surface area contributed by atoms with Gasteiger partial charge in [-0.25, -0.2) is 9.67 Å². The van der Waals surface area contributed by atoms with Crippen molar-refractivity contribution < 1.29 is 0 Å². The topological polar surface area (TPSA) is 67.4 Å². The highest BCUT2D eigenvalue weighted by Gasteiger charge is 2.20. The van der Waals surface area contributed by atoms with Gasteiger partial charge < -0.3 is 0 Å². The summed E-state index contributed by atoms with van der Waals surface area (Å²) in [6.07, 6.45) is 8.25. The number of nitriles is 1. The van der Waals surface area contributed by atoms with E-state index in [1.165, 1.54) is 12.8 Å². The number of fused-ring (bicyclic) bond motifs is 1. The van der Waals surface area contributed by atoms with Crippen molar-refractivity contribution in [2.45, 2.75) is 31.7 Å². The van der Waals surface area contributed by atoms with Crippen molar-refractivity contribution in [1.29, 1.82) is 5.26 Å². The second kappa shape index (κ2) is 3.56. The van der Waals surface area contributed by atoms with Crippen molar-refractivity contribution in [3.63, 3.8) is 0 Å². The number of rotatable bonds is 1. The quantitative estimate of drug-likeness (QED) is 0.724. The summed E-state index contributed by atoms with van der Waals surface area (Å²) in [6.45, 7) is 0. The molecule has 0 spiro atoms. The fraction of sp³-hybridized carbons (Fsp3) is 0.455. The molecule has 2 aromatic heterocycles. The summed E-state index contributed by atoms with van der Waals surface area (Å²) >= 11 is 0. The zero-order chi connectivity index (χ0) is 11.0. The van der Waals surface area contributed by atoms with E-state index in [0.29, 0.717) is 6.04 Å². The van der Waals surface area contributed by atoms with Gasteiger partial charge in [0.2, 0.25) is 5.82 Å². The molecule has 1 fully saturated rings. The smallest absolute Gasteiger partial charge is 0.234 e. The molecule has 1 saturated carbocycles. The van der Waals surface area contributed by atoms with Crippen molar-refractivity contribution in [3.8, 4) is 6.07 Å². The van der Waals surface area contributed by atoms with Crippen LogP contribution in [0.25, 0.3) is 11.0 Å². The SMILES string of the molecule is N#Cc1ncc2cnn(C3CCCC3)c2n1. The Morgan fingerprint density at radius 2 is 2.12 bits per heavy atom. The van der Waals surface area contributed by atoms with Crippen molar-refractivity contribution in [2.24, 2.45) is 0 Å². The summed E-state index contributed by atoms with van der Waals surface area (Å²) in [5.74, 6) is 0.215. The second-order valence-corrected chi connectivity index (χ2v) is 4.11. The van der Waals surface area contributed by atoms with Gasteiger partial charge in [0.15, 0.2) is 5.65 Å². The molecule has 0 amide bonds. The van der Waals surface area contributed by atoms with Crippen LogP contribution in [-0.2, 0) is 0 Å². The van der Waals surface area contributed by atoms with Gasteiger partial charge in [0.25, 0.3) is 0 Å². The van der Waals surface area contributed by atoms with E-state index in [1.807, 2.05) is 10.8 Å². The lowest BCUT2D eigenvalue weighted by Gasteiger charge is -2.09. The summed E-state index contributed by atoms with van der Waals surface area (Å²) < 4.78 is 1.95. The minimum absolute atomic E-state index is 0.215. The van der Waals surface area contributed by atoms with Crippen LogP contribution in [0.1, 0.15) is 37.5 Å². The summed E-state index contributed by atoms with van der Waals surface area (Å²) in [6, 6.07) is 2.41. The van der Waals surface area contributed by atoms with Crippen molar-refractivity contribution >= 4 is 11.0 Å². The fourth-order valence-electron chi connectivity index (χ4n) is 2.31. The monoisotopic (exact) mass is 213 g/mol.